The minimum atomic E-state index is -0.563. The molecule has 17 heavy (non-hydrogen) atoms. The Balaban J connectivity index is 2.37. The van der Waals surface area contributed by atoms with Crippen LogP contribution in [-0.4, -0.2) is 10.7 Å². The molecule has 1 saturated carbocycles. The van der Waals surface area contributed by atoms with Gasteiger partial charge in [-0.3, -0.25) is 0 Å². The molecule has 1 aliphatic carbocycles. The highest BCUT2D eigenvalue weighted by Crippen LogP contribution is 2.50. The number of hydrogen-bond donors (Lipinski definition) is 1. The second-order valence-electron chi connectivity index (χ2n) is 6.38. The molecule has 0 aliphatic heterocycles. The normalized spacial score (nSPS) is 30.2. The lowest BCUT2D eigenvalue weighted by atomic mass is 9.61. The van der Waals surface area contributed by atoms with Crippen molar-refractivity contribution in [3.63, 3.8) is 0 Å². The van der Waals surface area contributed by atoms with Gasteiger partial charge in [0, 0.05) is 5.92 Å². The predicted molar refractivity (Wildman–Crippen MR) is 72.1 cm³/mol. The third-order valence-electron chi connectivity index (χ3n) is 4.38. The van der Waals surface area contributed by atoms with Crippen molar-refractivity contribution in [1.29, 1.82) is 0 Å². The van der Waals surface area contributed by atoms with Crippen LogP contribution in [0.2, 0.25) is 0 Å². The van der Waals surface area contributed by atoms with Crippen LogP contribution in [0.25, 0.3) is 0 Å². The number of rotatable bonds is 1. The zero-order valence-electron chi connectivity index (χ0n) is 11.2. The fraction of sp³-hybridized carbons (Fsp3) is 0.625. The van der Waals surface area contributed by atoms with Crippen molar-refractivity contribution < 1.29 is 5.11 Å². The molecule has 0 bridgehead atoms. The molecule has 0 spiro atoms. The highest BCUT2D eigenvalue weighted by molar-refractivity contribution is 5.25. The molecule has 0 heterocycles. The average Bonchev–Trinajstić information content (AvgIpc) is 2.29. The summed E-state index contributed by atoms with van der Waals surface area (Å²) in [5, 5.41) is 11.1. The molecular formula is C16H24O. The molecular weight excluding hydrogens is 208 g/mol. The first kappa shape index (κ1) is 12.6. The second kappa shape index (κ2) is 4.45. The molecule has 1 aliphatic rings. The van der Waals surface area contributed by atoms with E-state index in [4.69, 9.17) is 0 Å². The Kier molecular flexibility index (Phi) is 3.31. The van der Waals surface area contributed by atoms with Gasteiger partial charge in [0.1, 0.15) is 0 Å². The fourth-order valence-electron chi connectivity index (χ4n) is 3.18. The van der Waals surface area contributed by atoms with Crippen LogP contribution in [0.5, 0.6) is 0 Å². The summed E-state index contributed by atoms with van der Waals surface area (Å²) in [6.07, 6.45) is 4.42. The highest BCUT2D eigenvalue weighted by Gasteiger charge is 2.47. The summed E-state index contributed by atoms with van der Waals surface area (Å²) in [6, 6.07) is 10.5. The number of aliphatic hydroxyl groups is 1. The lowest BCUT2D eigenvalue weighted by Gasteiger charge is -2.49. The van der Waals surface area contributed by atoms with Crippen molar-refractivity contribution in [3.05, 3.63) is 35.9 Å². The van der Waals surface area contributed by atoms with Gasteiger partial charge in [-0.25, -0.2) is 0 Å². The smallest absolute Gasteiger partial charge is 0.0763 e. The van der Waals surface area contributed by atoms with Gasteiger partial charge >= 0.3 is 0 Å². The Bertz CT molecular complexity index is 363. The third kappa shape index (κ3) is 2.26. The standard InChI is InChI=1S/C16H24O/c1-15(2,3)16(17)12-8-7-11-14(16)13-9-5-4-6-10-13/h4-6,9-10,14,17H,7-8,11-12H2,1-3H3. The van der Waals surface area contributed by atoms with E-state index < -0.39 is 5.60 Å². The van der Waals surface area contributed by atoms with Crippen LogP contribution >= 0.6 is 0 Å². The van der Waals surface area contributed by atoms with Crippen molar-refractivity contribution in [3.8, 4) is 0 Å². The van der Waals surface area contributed by atoms with Crippen LogP contribution in [-0.2, 0) is 0 Å². The van der Waals surface area contributed by atoms with E-state index >= 15 is 0 Å². The number of benzene rings is 1. The summed E-state index contributed by atoms with van der Waals surface area (Å²) < 4.78 is 0. The van der Waals surface area contributed by atoms with Crippen LogP contribution in [0.3, 0.4) is 0 Å². The topological polar surface area (TPSA) is 20.2 Å². The largest absolute Gasteiger partial charge is 0.389 e. The molecule has 2 rings (SSSR count). The Labute approximate surface area is 105 Å². The summed E-state index contributed by atoms with van der Waals surface area (Å²) in [4.78, 5) is 0. The van der Waals surface area contributed by atoms with Crippen molar-refractivity contribution in [2.75, 3.05) is 0 Å². The molecule has 0 aromatic heterocycles. The first-order chi connectivity index (χ1) is 7.95. The van der Waals surface area contributed by atoms with Crippen molar-refractivity contribution >= 4 is 0 Å². The van der Waals surface area contributed by atoms with E-state index in [1.807, 2.05) is 6.07 Å². The van der Waals surface area contributed by atoms with Gasteiger partial charge in [-0.15, -0.1) is 0 Å². The van der Waals surface area contributed by atoms with Crippen LogP contribution in [0.1, 0.15) is 57.9 Å². The summed E-state index contributed by atoms with van der Waals surface area (Å²) in [6.45, 7) is 6.48. The molecule has 0 amide bonds. The molecule has 2 unspecified atom stereocenters. The van der Waals surface area contributed by atoms with Gasteiger partial charge in [0.15, 0.2) is 0 Å². The highest BCUT2D eigenvalue weighted by atomic mass is 16.3. The molecule has 0 saturated heterocycles. The zero-order chi connectivity index (χ0) is 12.5. The monoisotopic (exact) mass is 232 g/mol. The molecule has 1 N–H and O–H groups in total. The lowest BCUT2D eigenvalue weighted by molar-refractivity contribution is -0.101. The van der Waals surface area contributed by atoms with Crippen LogP contribution < -0.4 is 0 Å². The van der Waals surface area contributed by atoms with Crippen LogP contribution in [0.15, 0.2) is 30.3 Å². The lowest BCUT2D eigenvalue weighted by Crippen LogP contribution is -2.49. The molecule has 1 fully saturated rings. The van der Waals surface area contributed by atoms with Crippen molar-refractivity contribution in [1.82, 2.24) is 0 Å². The fourth-order valence-corrected chi connectivity index (χ4v) is 3.18. The van der Waals surface area contributed by atoms with Crippen LogP contribution in [0, 0.1) is 5.41 Å². The molecule has 2 atom stereocenters. The van der Waals surface area contributed by atoms with Crippen molar-refractivity contribution in [2.45, 2.75) is 58.0 Å². The maximum absolute atomic E-state index is 11.1. The Morgan fingerprint density at radius 2 is 1.76 bits per heavy atom. The zero-order valence-corrected chi connectivity index (χ0v) is 11.2. The minimum absolute atomic E-state index is 0.0616. The van der Waals surface area contributed by atoms with Crippen LogP contribution in [0.4, 0.5) is 0 Å². The summed E-state index contributed by atoms with van der Waals surface area (Å²) >= 11 is 0. The van der Waals surface area contributed by atoms with Gasteiger partial charge in [-0.2, -0.15) is 0 Å². The van der Waals surface area contributed by atoms with Gasteiger partial charge in [0.2, 0.25) is 0 Å². The predicted octanol–water partition coefficient (Wildman–Crippen LogP) is 4.12. The maximum atomic E-state index is 11.1. The first-order valence-corrected chi connectivity index (χ1v) is 6.72. The summed E-state index contributed by atoms with van der Waals surface area (Å²) in [7, 11) is 0. The summed E-state index contributed by atoms with van der Waals surface area (Å²) in [5.74, 6) is 0.289. The SMILES string of the molecule is CC(C)(C)C1(O)CCCCC1c1ccccc1. The van der Waals surface area contributed by atoms with Gasteiger partial charge in [-0.05, 0) is 23.8 Å². The van der Waals surface area contributed by atoms with Gasteiger partial charge in [0.25, 0.3) is 0 Å². The molecule has 1 aromatic carbocycles. The van der Waals surface area contributed by atoms with E-state index in [1.165, 1.54) is 12.0 Å². The Morgan fingerprint density at radius 3 is 2.35 bits per heavy atom. The molecule has 1 nitrogen and oxygen atoms in total. The van der Waals surface area contributed by atoms with Gasteiger partial charge < -0.3 is 5.11 Å². The third-order valence-corrected chi connectivity index (χ3v) is 4.38. The molecule has 0 radical (unpaired) electrons. The van der Waals surface area contributed by atoms with E-state index in [1.54, 1.807) is 0 Å². The maximum Gasteiger partial charge on any atom is 0.0763 e. The Morgan fingerprint density at radius 1 is 1.12 bits per heavy atom. The molecule has 94 valence electrons. The van der Waals surface area contributed by atoms with Crippen molar-refractivity contribution in [2.24, 2.45) is 5.41 Å². The first-order valence-electron chi connectivity index (χ1n) is 6.72. The van der Waals surface area contributed by atoms with E-state index in [2.05, 4.69) is 45.0 Å². The number of hydrogen-bond acceptors (Lipinski definition) is 1. The van der Waals surface area contributed by atoms with E-state index in [0.717, 1.165) is 19.3 Å². The van der Waals surface area contributed by atoms with Gasteiger partial charge in [-0.1, -0.05) is 63.9 Å². The minimum Gasteiger partial charge on any atom is -0.389 e. The summed E-state index contributed by atoms with van der Waals surface area (Å²) in [5.41, 5.74) is 0.671. The molecule has 1 aromatic rings. The quantitative estimate of drug-likeness (QED) is 0.772. The Hall–Kier alpha value is -0.820. The average molecular weight is 232 g/mol. The second-order valence-corrected chi connectivity index (χ2v) is 6.38. The van der Waals surface area contributed by atoms with E-state index in [0.29, 0.717) is 0 Å². The van der Waals surface area contributed by atoms with E-state index in [9.17, 15) is 5.11 Å². The van der Waals surface area contributed by atoms with E-state index in [-0.39, 0.29) is 11.3 Å². The molecule has 1 heteroatoms. The van der Waals surface area contributed by atoms with Gasteiger partial charge in [0.05, 0.1) is 5.60 Å².